The monoisotopic (exact) mass is 377 g/mol. The van der Waals surface area contributed by atoms with Crippen LogP contribution in [0.1, 0.15) is 33.3 Å². The predicted octanol–water partition coefficient (Wildman–Crippen LogP) is 5.81. The summed E-state index contributed by atoms with van der Waals surface area (Å²) in [6.07, 6.45) is -4.45. The van der Waals surface area contributed by atoms with Gasteiger partial charge in [0.25, 0.3) is 0 Å². The molecule has 1 aromatic heterocycles. The third kappa shape index (κ3) is 3.62. The first-order valence-electron chi connectivity index (χ1n) is 7.69. The van der Waals surface area contributed by atoms with E-state index in [1.54, 1.807) is 6.92 Å². The first kappa shape index (κ1) is 18.1. The average molecular weight is 377 g/mol. The molecule has 0 aliphatic rings. The molecule has 0 fully saturated rings. The normalized spacial score (nSPS) is 12.4. The Morgan fingerprint density at radius 1 is 1.08 bits per heavy atom. The van der Waals surface area contributed by atoms with E-state index >= 15 is 0 Å². The molecule has 26 heavy (non-hydrogen) atoms. The largest absolute Gasteiger partial charge is 0.416 e. The second kappa shape index (κ2) is 6.92. The van der Waals surface area contributed by atoms with E-state index in [-0.39, 0.29) is 5.56 Å². The van der Waals surface area contributed by atoms with Gasteiger partial charge in [0.2, 0.25) is 0 Å². The smallest absolute Gasteiger partial charge is 0.313 e. The highest BCUT2D eigenvalue weighted by molar-refractivity contribution is 7.21. The Morgan fingerprint density at radius 2 is 1.73 bits per heavy atom. The summed E-state index contributed by atoms with van der Waals surface area (Å²) in [5, 5.41) is 4.96. The lowest BCUT2D eigenvalue weighted by Crippen LogP contribution is -2.07. The second-order valence-electron chi connectivity index (χ2n) is 5.68. The van der Waals surface area contributed by atoms with Crippen LogP contribution in [-0.4, -0.2) is 11.7 Å². The van der Waals surface area contributed by atoms with Crippen molar-refractivity contribution in [2.75, 3.05) is 0 Å². The van der Waals surface area contributed by atoms with Crippen LogP contribution >= 0.6 is 11.3 Å². The van der Waals surface area contributed by atoms with Crippen LogP contribution in [0.5, 0.6) is 0 Å². The Balaban J connectivity index is 1.77. The fraction of sp³-hybridized carbons (Fsp3) is 0.158. The molecular weight excluding hydrogens is 363 g/mol. The Hall–Kier alpha value is -2.67. The third-order valence-electron chi connectivity index (χ3n) is 3.89. The number of aryl methyl sites for hydroxylation is 1. The number of hydrogen-bond acceptors (Lipinski definition) is 4. The van der Waals surface area contributed by atoms with Crippen LogP contribution in [-0.2, 0) is 11.0 Å². The molecular formula is C19H14F3NO2S. The van der Waals surface area contributed by atoms with Crippen molar-refractivity contribution < 1.29 is 22.8 Å². The minimum atomic E-state index is -4.45. The highest BCUT2D eigenvalue weighted by Gasteiger charge is 2.30. The van der Waals surface area contributed by atoms with Crippen LogP contribution in [0.3, 0.4) is 0 Å². The Bertz CT molecular complexity index is 988. The molecule has 0 N–H and O–H groups in total. The maximum atomic E-state index is 12.6. The van der Waals surface area contributed by atoms with Crippen molar-refractivity contribution in [3.8, 4) is 0 Å². The summed E-state index contributed by atoms with van der Waals surface area (Å²) in [6.45, 7) is 3.68. The zero-order valence-corrected chi connectivity index (χ0v) is 14.7. The van der Waals surface area contributed by atoms with Gasteiger partial charge >= 0.3 is 12.1 Å². The molecule has 0 aliphatic heterocycles. The third-order valence-corrected chi connectivity index (χ3v) is 5.27. The van der Waals surface area contributed by atoms with Crippen LogP contribution in [0.4, 0.5) is 13.2 Å². The molecule has 0 saturated heterocycles. The average Bonchev–Trinajstić information content (AvgIpc) is 2.96. The summed E-state index contributed by atoms with van der Waals surface area (Å²) in [7, 11) is 0. The quantitative estimate of drug-likeness (QED) is 0.328. The molecule has 3 rings (SSSR count). The number of carbonyl (C=O) groups excluding carboxylic acids is 1. The number of nitrogens with zero attached hydrogens (tertiary/aromatic N) is 1. The molecule has 0 bridgehead atoms. The maximum absolute atomic E-state index is 12.6. The highest BCUT2D eigenvalue weighted by Crippen LogP contribution is 2.31. The predicted molar refractivity (Wildman–Crippen MR) is 95.6 cm³/mol. The standard InChI is InChI=1S/C19H14F3NO2S/c1-11-15-5-3-4-6-16(15)26-17(11)12(2)23-25-18(24)13-7-9-14(10-8-13)19(20,21)22/h3-10H,1-2H3/b23-12-. The van der Waals surface area contributed by atoms with Crippen LogP contribution in [0.2, 0.25) is 0 Å². The van der Waals surface area contributed by atoms with Crippen molar-refractivity contribution in [2.45, 2.75) is 20.0 Å². The molecule has 2 aromatic carbocycles. The van der Waals surface area contributed by atoms with Crippen molar-refractivity contribution in [1.82, 2.24) is 0 Å². The summed E-state index contributed by atoms with van der Waals surface area (Å²) < 4.78 is 38.8. The van der Waals surface area contributed by atoms with E-state index in [0.717, 1.165) is 44.8 Å². The molecule has 3 aromatic rings. The molecule has 0 amide bonds. The molecule has 134 valence electrons. The maximum Gasteiger partial charge on any atom is 0.416 e. The lowest BCUT2D eigenvalue weighted by molar-refractivity contribution is -0.137. The number of thiophene rings is 1. The molecule has 0 atom stereocenters. The van der Waals surface area contributed by atoms with Crippen molar-refractivity contribution >= 4 is 33.1 Å². The fourth-order valence-corrected chi connectivity index (χ4v) is 3.66. The first-order chi connectivity index (χ1) is 12.3. The lowest BCUT2D eigenvalue weighted by Gasteiger charge is -2.06. The molecule has 0 unspecified atom stereocenters. The summed E-state index contributed by atoms with van der Waals surface area (Å²) in [5.74, 6) is -0.808. The highest BCUT2D eigenvalue weighted by atomic mass is 32.1. The van der Waals surface area contributed by atoms with Gasteiger partial charge in [0.15, 0.2) is 0 Å². The number of rotatable bonds is 3. The fourth-order valence-electron chi connectivity index (χ4n) is 2.52. The molecule has 7 heteroatoms. The Kier molecular flexibility index (Phi) is 4.82. The zero-order chi connectivity index (χ0) is 18.9. The van der Waals surface area contributed by atoms with E-state index in [1.807, 2.05) is 31.2 Å². The topological polar surface area (TPSA) is 38.7 Å². The summed E-state index contributed by atoms with van der Waals surface area (Å²) >= 11 is 1.54. The Labute approximate surface area is 151 Å². The van der Waals surface area contributed by atoms with E-state index in [0.29, 0.717) is 5.71 Å². The second-order valence-corrected chi connectivity index (χ2v) is 6.74. The minimum Gasteiger partial charge on any atom is -0.313 e. The zero-order valence-electron chi connectivity index (χ0n) is 13.9. The van der Waals surface area contributed by atoms with E-state index in [1.165, 1.54) is 11.3 Å². The number of fused-ring (bicyclic) bond motifs is 1. The molecule has 0 aliphatic carbocycles. The number of benzene rings is 2. The minimum absolute atomic E-state index is 0.00242. The van der Waals surface area contributed by atoms with Crippen LogP contribution in [0, 0.1) is 6.92 Å². The number of alkyl halides is 3. The summed E-state index contributed by atoms with van der Waals surface area (Å²) in [5.41, 5.74) is 0.749. The number of hydrogen-bond donors (Lipinski definition) is 0. The molecule has 0 radical (unpaired) electrons. The van der Waals surface area contributed by atoms with Gasteiger partial charge in [-0.3, -0.25) is 0 Å². The van der Waals surface area contributed by atoms with Crippen molar-refractivity contribution in [3.63, 3.8) is 0 Å². The SMILES string of the molecule is C/C(=N/OC(=O)c1ccc(C(F)(F)F)cc1)c1sc2ccccc2c1C. The number of oxime groups is 1. The van der Waals surface area contributed by atoms with Gasteiger partial charge in [-0.05, 0) is 55.1 Å². The number of carbonyl (C=O) groups is 1. The molecule has 3 nitrogen and oxygen atoms in total. The van der Waals surface area contributed by atoms with Gasteiger partial charge in [0.05, 0.1) is 21.7 Å². The van der Waals surface area contributed by atoms with Gasteiger partial charge in [-0.1, -0.05) is 23.4 Å². The summed E-state index contributed by atoms with van der Waals surface area (Å²) in [6, 6.07) is 11.7. The van der Waals surface area contributed by atoms with E-state index < -0.39 is 17.7 Å². The molecule has 1 heterocycles. The van der Waals surface area contributed by atoms with E-state index in [2.05, 4.69) is 5.16 Å². The van der Waals surface area contributed by atoms with Crippen LogP contribution in [0.25, 0.3) is 10.1 Å². The van der Waals surface area contributed by atoms with Gasteiger partial charge < -0.3 is 4.84 Å². The molecule has 0 spiro atoms. The van der Waals surface area contributed by atoms with Crippen molar-refractivity contribution in [2.24, 2.45) is 5.16 Å². The van der Waals surface area contributed by atoms with Crippen LogP contribution in [0.15, 0.2) is 53.7 Å². The van der Waals surface area contributed by atoms with E-state index in [9.17, 15) is 18.0 Å². The van der Waals surface area contributed by atoms with Gasteiger partial charge in [0, 0.05) is 4.70 Å². The van der Waals surface area contributed by atoms with Gasteiger partial charge in [-0.15, -0.1) is 11.3 Å². The summed E-state index contributed by atoms with van der Waals surface area (Å²) in [4.78, 5) is 17.8. The van der Waals surface area contributed by atoms with Crippen LogP contribution < -0.4 is 0 Å². The van der Waals surface area contributed by atoms with Crippen molar-refractivity contribution in [3.05, 3.63) is 70.1 Å². The van der Waals surface area contributed by atoms with Gasteiger partial charge in [-0.2, -0.15) is 13.2 Å². The Morgan fingerprint density at radius 3 is 2.35 bits per heavy atom. The van der Waals surface area contributed by atoms with Crippen molar-refractivity contribution in [1.29, 1.82) is 0 Å². The van der Waals surface area contributed by atoms with Gasteiger partial charge in [-0.25, -0.2) is 4.79 Å². The van der Waals surface area contributed by atoms with Gasteiger partial charge in [0.1, 0.15) is 0 Å². The first-order valence-corrected chi connectivity index (χ1v) is 8.50. The number of halogens is 3. The molecule has 0 saturated carbocycles. The van der Waals surface area contributed by atoms with E-state index in [4.69, 9.17) is 4.84 Å². The lowest BCUT2D eigenvalue weighted by atomic mass is 10.1.